The first-order valence-corrected chi connectivity index (χ1v) is 11.4. The highest BCUT2D eigenvalue weighted by atomic mass is 19.4. The molecule has 0 unspecified atom stereocenters. The van der Waals surface area contributed by atoms with Crippen molar-refractivity contribution in [2.45, 2.75) is 56.4 Å². The Labute approximate surface area is 192 Å². The maximum atomic E-state index is 14.1. The molecule has 0 N–H and O–H groups in total. The number of benzene rings is 1. The van der Waals surface area contributed by atoms with Gasteiger partial charge in [0.15, 0.2) is 5.65 Å². The zero-order chi connectivity index (χ0) is 24.1. The average molecular weight is 482 g/mol. The maximum Gasteiger partial charge on any atom is 0.431 e. The van der Waals surface area contributed by atoms with Gasteiger partial charge in [0.25, 0.3) is 0 Å². The summed E-state index contributed by atoms with van der Waals surface area (Å²) >= 11 is 0. The number of hydrogen-bond donors (Lipinski definition) is 0. The van der Waals surface area contributed by atoms with Gasteiger partial charge in [0.2, 0.25) is 0 Å². The Morgan fingerprint density at radius 3 is 2.18 bits per heavy atom. The molecular weight excluding hydrogens is 458 g/mol. The summed E-state index contributed by atoms with van der Waals surface area (Å²) in [7, 11) is 0. The van der Waals surface area contributed by atoms with E-state index in [4.69, 9.17) is 0 Å². The van der Waals surface area contributed by atoms with Gasteiger partial charge >= 0.3 is 12.4 Å². The maximum absolute atomic E-state index is 14.1. The zero-order valence-corrected chi connectivity index (χ0v) is 18.3. The van der Waals surface area contributed by atoms with E-state index in [0.29, 0.717) is 23.7 Å². The van der Waals surface area contributed by atoms with Crippen LogP contribution < -0.4 is 0 Å². The third-order valence-electron chi connectivity index (χ3n) is 7.08. The van der Waals surface area contributed by atoms with Crippen LogP contribution in [-0.4, -0.2) is 38.8 Å². The van der Waals surface area contributed by atoms with Gasteiger partial charge in [-0.3, -0.25) is 9.30 Å². The number of nitrogens with zero attached hydrogens (tertiary/aromatic N) is 4. The molecular formula is C24H24F6N4. The van der Waals surface area contributed by atoms with Crippen LogP contribution in [0.3, 0.4) is 0 Å². The minimum Gasteiger partial charge on any atom is -0.299 e. The highest BCUT2D eigenvalue weighted by Gasteiger charge is 2.56. The number of alkyl halides is 6. The first-order chi connectivity index (χ1) is 16.1. The van der Waals surface area contributed by atoms with Crippen LogP contribution in [0.15, 0.2) is 42.5 Å². The molecule has 4 nitrogen and oxygen atoms in total. The zero-order valence-electron chi connectivity index (χ0n) is 18.3. The van der Waals surface area contributed by atoms with Crippen LogP contribution in [-0.2, 0) is 24.6 Å². The summed E-state index contributed by atoms with van der Waals surface area (Å²) < 4.78 is 85.1. The number of hydrogen-bond acceptors (Lipinski definition) is 3. The second-order valence-electron chi connectivity index (χ2n) is 9.43. The largest absolute Gasteiger partial charge is 0.431 e. The van der Waals surface area contributed by atoms with Crippen LogP contribution in [0.25, 0.3) is 5.65 Å². The molecule has 1 saturated heterocycles. The van der Waals surface area contributed by atoms with Gasteiger partial charge in [-0.25, -0.2) is 0 Å². The van der Waals surface area contributed by atoms with E-state index >= 15 is 0 Å². The Bertz CT molecular complexity index is 1160. The summed E-state index contributed by atoms with van der Waals surface area (Å²) in [5, 5.41) is 7.96. The number of piperidine rings is 1. The van der Waals surface area contributed by atoms with E-state index in [1.807, 2.05) is 0 Å². The van der Waals surface area contributed by atoms with Gasteiger partial charge in [-0.05, 0) is 68.0 Å². The van der Waals surface area contributed by atoms with Gasteiger partial charge in [-0.2, -0.15) is 26.3 Å². The Hall–Kier alpha value is -2.62. The van der Waals surface area contributed by atoms with Crippen LogP contribution in [0, 0.1) is 5.92 Å². The molecule has 3 aromatic rings. The molecule has 1 aliphatic heterocycles. The van der Waals surface area contributed by atoms with E-state index in [0.717, 1.165) is 23.3 Å². The quantitative estimate of drug-likeness (QED) is 0.431. The predicted octanol–water partition coefficient (Wildman–Crippen LogP) is 5.80. The highest BCUT2D eigenvalue weighted by molar-refractivity contribution is 5.45. The van der Waals surface area contributed by atoms with E-state index < -0.39 is 23.5 Å². The summed E-state index contributed by atoms with van der Waals surface area (Å²) in [6, 6.07) is 10.5. The van der Waals surface area contributed by atoms with E-state index in [2.05, 4.69) is 10.2 Å². The van der Waals surface area contributed by atoms with Crippen LogP contribution in [0.1, 0.15) is 48.3 Å². The lowest BCUT2D eigenvalue weighted by Crippen LogP contribution is -2.50. The molecule has 1 aromatic carbocycles. The number of pyridine rings is 1. The molecule has 1 aliphatic carbocycles. The van der Waals surface area contributed by atoms with Crippen molar-refractivity contribution in [1.82, 2.24) is 19.5 Å². The summed E-state index contributed by atoms with van der Waals surface area (Å²) in [5.74, 6) is 0.646. The highest BCUT2D eigenvalue weighted by Crippen LogP contribution is 2.48. The van der Waals surface area contributed by atoms with Gasteiger partial charge in [-0.15, -0.1) is 10.2 Å². The van der Waals surface area contributed by atoms with Crippen molar-refractivity contribution in [3.63, 3.8) is 0 Å². The summed E-state index contributed by atoms with van der Waals surface area (Å²) in [6.45, 7) is 0.369. The lowest BCUT2D eigenvalue weighted by atomic mass is 9.72. The molecule has 0 bridgehead atoms. The Kier molecular flexibility index (Phi) is 5.61. The monoisotopic (exact) mass is 482 g/mol. The van der Waals surface area contributed by atoms with E-state index in [9.17, 15) is 26.3 Å². The third kappa shape index (κ3) is 4.28. The second-order valence-corrected chi connectivity index (χ2v) is 9.43. The minimum atomic E-state index is -4.60. The summed E-state index contributed by atoms with van der Waals surface area (Å²) in [5.41, 5.74) is -2.08. The number of rotatable bonds is 5. The van der Waals surface area contributed by atoms with Gasteiger partial charge in [0, 0.05) is 13.0 Å². The molecule has 10 heteroatoms. The Balaban J connectivity index is 1.39. The predicted molar refractivity (Wildman–Crippen MR) is 113 cm³/mol. The van der Waals surface area contributed by atoms with Gasteiger partial charge < -0.3 is 0 Å². The molecule has 1 saturated carbocycles. The number of halogens is 6. The normalized spacial score (nSPS) is 19.6. The van der Waals surface area contributed by atoms with Crippen molar-refractivity contribution in [2.75, 3.05) is 13.1 Å². The lowest BCUT2D eigenvalue weighted by Gasteiger charge is -2.43. The van der Waals surface area contributed by atoms with E-state index in [-0.39, 0.29) is 43.7 Å². The molecule has 0 spiro atoms. The topological polar surface area (TPSA) is 33.4 Å². The van der Waals surface area contributed by atoms with E-state index in [1.165, 1.54) is 12.1 Å². The molecule has 3 heterocycles. The molecule has 2 aliphatic rings. The third-order valence-corrected chi connectivity index (χ3v) is 7.08. The van der Waals surface area contributed by atoms with Crippen LogP contribution >= 0.6 is 0 Å². The minimum absolute atomic E-state index is 0.117. The molecule has 0 radical (unpaired) electrons. The van der Waals surface area contributed by atoms with Gasteiger partial charge in [-0.1, -0.05) is 30.3 Å². The second kappa shape index (κ2) is 8.25. The fourth-order valence-electron chi connectivity index (χ4n) is 4.99. The Morgan fingerprint density at radius 2 is 1.59 bits per heavy atom. The summed E-state index contributed by atoms with van der Waals surface area (Å²) in [6.07, 6.45) is -6.90. The number of aromatic nitrogens is 3. The lowest BCUT2D eigenvalue weighted by molar-refractivity contribution is -0.203. The van der Waals surface area contributed by atoms with Crippen molar-refractivity contribution in [1.29, 1.82) is 0 Å². The fourth-order valence-corrected chi connectivity index (χ4v) is 4.99. The molecule has 5 rings (SSSR count). The molecule has 0 amide bonds. The summed E-state index contributed by atoms with van der Waals surface area (Å²) in [4.78, 5) is 1.78. The molecule has 2 fully saturated rings. The van der Waals surface area contributed by atoms with Crippen molar-refractivity contribution in [2.24, 2.45) is 5.92 Å². The smallest absolute Gasteiger partial charge is 0.299 e. The number of fused-ring (bicyclic) bond motifs is 1. The van der Waals surface area contributed by atoms with Crippen LogP contribution in [0.5, 0.6) is 0 Å². The van der Waals surface area contributed by atoms with Crippen molar-refractivity contribution < 1.29 is 26.3 Å². The number of likely N-dealkylation sites (tertiary alicyclic amines) is 1. The molecule has 0 atom stereocenters. The SMILES string of the molecule is FC(F)(F)c1cc(CN2CCC(c3ccccc3)(C(F)(F)F)CC2)cc2nnc(CC3CC3)n12. The van der Waals surface area contributed by atoms with Crippen molar-refractivity contribution >= 4 is 5.65 Å². The standard InChI is InChI=1S/C24H24F6N4/c25-23(26,27)19-12-17(14-21-32-31-20(34(19)21)13-16-6-7-16)15-33-10-8-22(9-11-33,24(28,29)30)18-4-2-1-3-5-18/h1-5,12,14,16H,6-11,13,15H2. The van der Waals surface area contributed by atoms with E-state index in [1.54, 1.807) is 29.2 Å². The first-order valence-electron chi connectivity index (χ1n) is 11.4. The van der Waals surface area contributed by atoms with Crippen LogP contribution in [0.2, 0.25) is 0 Å². The molecule has 2 aromatic heterocycles. The molecule has 34 heavy (non-hydrogen) atoms. The first kappa shape index (κ1) is 23.1. The van der Waals surface area contributed by atoms with Crippen molar-refractivity contribution in [3.8, 4) is 0 Å². The van der Waals surface area contributed by atoms with Gasteiger partial charge in [0.05, 0.1) is 5.41 Å². The fraction of sp³-hybridized carbons (Fsp3) is 0.500. The van der Waals surface area contributed by atoms with Crippen molar-refractivity contribution in [3.05, 3.63) is 65.1 Å². The molecule has 182 valence electrons. The van der Waals surface area contributed by atoms with Crippen LogP contribution in [0.4, 0.5) is 26.3 Å². The average Bonchev–Trinajstić information content (AvgIpc) is 3.52. The Morgan fingerprint density at radius 1 is 0.912 bits per heavy atom. The van der Waals surface area contributed by atoms with Gasteiger partial charge in [0.1, 0.15) is 11.5 Å².